The molecule has 0 bridgehead atoms. The molecule has 0 aromatic carbocycles. The van der Waals surface area contributed by atoms with E-state index < -0.39 is 0 Å². The molecule has 0 spiro atoms. The summed E-state index contributed by atoms with van der Waals surface area (Å²) < 4.78 is 5.10. The highest BCUT2D eigenvalue weighted by Gasteiger charge is 2.17. The summed E-state index contributed by atoms with van der Waals surface area (Å²) >= 11 is 0. The number of hydrogen-bond acceptors (Lipinski definition) is 2. The third-order valence-electron chi connectivity index (χ3n) is 1.44. The predicted molar refractivity (Wildman–Crippen MR) is 33.8 cm³/mol. The number of aliphatic hydroxyl groups is 1. The van der Waals surface area contributed by atoms with Crippen molar-refractivity contribution in [2.24, 2.45) is 0 Å². The largest absolute Gasteiger partial charge is 0.393 e. The Morgan fingerprint density at radius 1 is 1.67 bits per heavy atom. The molecule has 0 aromatic heterocycles. The highest BCUT2D eigenvalue weighted by atomic mass is 16.5. The van der Waals surface area contributed by atoms with Crippen LogP contribution in [-0.2, 0) is 4.74 Å². The van der Waals surface area contributed by atoms with E-state index in [4.69, 9.17) is 16.3 Å². The lowest BCUT2D eigenvalue weighted by Gasteiger charge is -2.22. The fraction of sp³-hybridized carbons (Fsp3) is 0.714. The van der Waals surface area contributed by atoms with Crippen molar-refractivity contribution < 1.29 is 9.84 Å². The van der Waals surface area contributed by atoms with Gasteiger partial charge in [-0.15, -0.1) is 6.42 Å². The van der Waals surface area contributed by atoms with Crippen LogP contribution in [-0.4, -0.2) is 23.9 Å². The van der Waals surface area contributed by atoms with Gasteiger partial charge < -0.3 is 9.84 Å². The Morgan fingerprint density at radius 3 is 2.89 bits per heavy atom. The molecule has 1 N–H and O–H groups in total. The van der Waals surface area contributed by atoms with E-state index >= 15 is 0 Å². The minimum atomic E-state index is -0.250. The molecule has 1 rings (SSSR count). The number of hydrogen-bond donors (Lipinski definition) is 1. The van der Waals surface area contributed by atoms with Gasteiger partial charge >= 0.3 is 0 Å². The van der Waals surface area contributed by atoms with Crippen molar-refractivity contribution in [3.8, 4) is 12.3 Å². The van der Waals surface area contributed by atoms with Crippen molar-refractivity contribution >= 4 is 0 Å². The average Bonchev–Trinajstić information content (AvgIpc) is 1.88. The first-order valence-electron chi connectivity index (χ1n) is 3.08. The van der Waals surface area contributed by atoms with Gasteiger partial charge in [-0.25, -0.2) is 0 Å². The first kappa shape index (κ1) is 6.60. The van der Waals surface area contributed by atoms with Gasteiger partial charge in [0.15, 0.2) is 0 Å². The molecule has 2 unspecified atom stereocenters. The van der Waals surface area contributed by atoms with Crippen LogP contribution < -0.4 is 0 Å². The van der Waals surface area contributed by atoms with Gasteiger partial charge in [0.25, 0.3) is 0 Å². The smallest absolute Gasteiger partial charge is 0.120 e. The van der Waals surface area contributed by atoms with Crippen molar-refractivity contribution in [3.63, 3.8) is 0 Å². The molecule has 1 fully saturated rings. The van der Waals surface area contributed by atoms with Crippen LogP contribution in [0.3, 0.4) is 0 Å². The second kappa shape index (κ2) is 2.86. The average molecular weight is 126 g/mol. The normalized spacial score (nSPS) is 35.6. The lowest BCUT2D eigenvalue weighted by atomic mass is 10.1. The summed E-state index contributed by atoms with van der Waals surface area (Å²) in [6, 6.07) is 0. The molecule has 0 amide bonds. The van der Waals surface area contributed by atoms with Gasteiger partial charge in [-0.1, -0.05) is 5.92 Å². The SMILES string of the molecule is C#CC1CC(O)CCO1. The molecule has 2 nitrogen and oxygen atoms in total. The van der Waals surface area contributed by atoms with Crippen molar-refractivity contribution in [2.75, 3.05) is 6.61 Å². The van der Waals surface area contributed by atoms with Crippen LogP contribution >= 0.6 is 0 Å². The van der Waals surface area contributed by atoms with E-state index in [9.17, 15) is 0 Å². The third-order valence-corrected chi connectivity index (χ3v) is 1.44. The second-order valence-electron chi connectivity index (χ2n) is 2.20. The summed E-state index contributed by atoms with van der Waals surface area (Å²) in [7, 11) is 0. The maximum Gasteiger partial charge on any atom is 0.120 e. The first-order valence-corrected chi connectivity index (χ1v) is 3.08. The zero-order valence-electron chi connectivity index (χ0n) is 5.21. The van der Waals surface area contributed by atoms with Crippen LogP contribution in [0.5, 0.6) is 0 Å². The van der Waals surface area contributed by atoms with Crippen LogP contribution in [0, 0.1) is 12.3 Å². The number of aliphatic hydroxyl groups excluding tert-OH is 1. The van der Waals surface area contributed by atoms with E-state index in [-0.39, 0.29) is 12.2 Å². The molecule has 0 aliphatic carbocycles. The zero-order chi connectivity index (χ0) is 6.69. The van der Waals surface area contributed by atoms with E-state index in [2.05, 4.69) is 5.92 Å². The molecule has 2 heteroatoms. The molecule has 0 aromatic rings. The van der Waals surface area contributed by atoms with Crippen LogP contribution in [0.4, 0.5) is 0 Å². The van der Waals surface area contributed by atoms with Crippen LogP contribution in [0.15, 0.2) is 0 Å². The fourth-order valence-corrected chi connectivity index (χ4v) is 0.895. The molecule has 9 heavy (non-hydrogen) atoms. The number of terminal acetylenes is 1. The van der Waals surface area contributed by atoms with Crippen LogP contribution in [0.1, 0.15) is 12.8 Å². The van der Waals surface area contributed by atoms with Crippen molar-refractivity contribution in [2.45, 2.75) is 25.0 Å². The third kappa shape index (κ3) is 1.70. The quantitative estimate of drug-likeness (QED) is 0.468. The fourth-order valence-electron chi connectivity index (χ4n) is 0.895. The highest BCUT2D eigenvalue weighted by Crippen LogP contribution is 2.11. The lowest BCUT2D eigenvalue weighted by molar-refractivity contribution is -0.0167. The highest BCUT2D eigenvalue weighted by molar-refractivity contribution is 4.96. The summed E-state index contributed by atoms with van der Waals surface area (Å²) in [6.45, 7) is 0.593. The van der Waals surface area contributed by atoms with Gasteiger partial charge in [0, 0.05) is 6.42 Å². The number of rotatable bonds is 0. The van der Waals surface area contributed by atoms with Crippen molar-refractivity contribution in [1.29, 1.82) is 0 Å². The summed E-state index contributed by atoms with van der Waals surface area (Å²) in [5, 5.41) is 9.04. The van der Waals surface area contributed by atoms with E-state index in [0.717, 1.165) is 6.42 Å². The summed E-state index contributed by atoms with van der Waals surface area (Å²) in [5.74, 6) is 2.45. The zero-order valence-corrected chi connectivity index (χ0v) is 5.21. The monoisotopic (exact) mass is 126 g/mol. The van der Waals surface area contributed by atoms with Crippen molar-refractivity contribution in [1.82, 2.24) is 0 Å². The van der Waals surface area contributed by atoms with E-state index in [1.165, 1.54) is 0 Å². The Bertz CT molecular complexity index is 125. The maximum atomic E-state index is 9.04. The molecule has 1 aliphatic heterocycles. The minimum Gasteiger partial charge on any atom is -0.393 e. The summed E-state index contributed by atoms with van der Waals surface area (Å²) in [6.07, 6.45) is 5.98. The minimum absolute atomic E-state index is 0.159. The second-order valence-corrected chi connectivity index (χ2v) is 2.20. The first-order chi connectivity index (χ1) is 4.33. The molecule has 1 heterocycles. The van der Waals surface area contributed by atoms with Gasteiger partial charge in [-0.05, 0) is 6.42 Å². The topological polar surface area (TPSA) is 29.5 Å². The van der Waals surface area contributed by atoms with E-state index in [1.54, 1.807) is 0 Å². The Kier molecular flexibility index (Phi) is 2.10. The number of ether oxygens (including phenoxy) is 1. The molecule has 1 saturated heterocycles. The van der Waals surface area contributed by atoms with Crippen LogP contribution in [0.2, 0.25) is 0 Å². The molecule has 2 atom stereocenters. The molecular weight excluding hydrogens is 116 g/mol. The molecule has 0 radical (unpaired) electrons. The molecule has 50 valence electrons. The predicted octanol–water partition coefficient (Wildman–Crippen LogP) is 0.159. The Labute approximate surface area is 54.8 Å². The summed E-state index contributed by atoms with van der Waals surface area (Å²) in [5.41, 5.74) is 0. The van der Waals surface area contributed by atoms with Gasteiger partial charge in [0.2, 0.25) is 0 Å². The van der Waals surface area contributed by atoms with Gasteiger partial charge in [-0.3, -0.25) is 0 Å². The Morgan fingerprint density at radius 2 is 2.44 bits per heavy atom. The van der Waals surface area contributed by atoms with Crippen LogP contribution in [0.25, 0.3) is 0 Å². The van der Waals surface area contributed by atoms with Crippen molar-refractivity contribution in [3.05, 3.63) is 0 Å². The molecule has 1 aliphatic rings. The Hall–Kier alpha value is -0.520. The molecular formula is C7H10O2. The van der Waals surface area contributed by atoms with E-state index in [0.29, 0.717) is 13.0 Å². The van der Waals surface area contributed by atoms with Gasteiger partial charge in [0.05, 0.1) is 12.7 Å². The van der Waals surface area contributed by atoms with Gasteiger partial charge in [0.1, 0.15) is 6.10 Å². The van der Waals surface area contributed by atoms with E-state index in [1.807, 2.05) is 0 Å². The maximum absolute atomic E-state index is 9.04. The summed E-state index contributed by atoms with van der Waals surface area (Å²) in [4.78, 5) is 0. The lowest BCUT2D eigenvalue weighted by Crippen LogP contribution is -2.27. The standard InChI is InChI=1S/C7H10O2/c1-2-7-5-6(8)3-4-9-7/h1,6-8H,3-5H2. The molecule has 0 saturated carbocycles. The van der Waals surface area contributed by atoms with Gasteiger partial charge in [-0.2, -0.15) is 0 Å². The Balaban J connectivity index is 2.34.